The van der Waals surface area contributed by atoms with E-state index in [1.54, 1.807) is 6.92 Å². The molecule has 6 nitrogen and oxygen atoms in total. The van der Waals surface area contributed by atoms with Gasteiger partial charge in [-0.15, -0.1) is 0 Å². The molecule has 2 unspecified atom stereocenters. The third-order valence-corrected chi connectivity index (χ3v) is 2.57. The minimum Gasteiger partial charge on any atom is -0.481 e. The van der Waals surface area contributed by atoms with Gasteiger partial charge in [0.25, 0.3) is 5.91 Å². The molecule has 92 valence electrons. The molecule has 0 saturated carbocycles. The molecule has 0 aliphatic rings. The van der Waals surface area contributed by atoms with Crippen molar-refractivity contribution in [2.24, 2.45) is 5.92 Å². The molecule has 2 atom stereocenters. The number of aromatic nitrogens is 1. The molecule has 0 aliphatic carbocycles. The molecular weight excluding hydrogens is 224 g/mol. The molecule has 0 bridgehead atoms. The van der Waals surface area contributed by atoms with Crippen molar-refractivity contribution in [1.29, 1.82) is 0 Å². The second-order valence-electron chi connectivity index (χ2n) is 3.81. The van der Waals surface area contributed by atoms with Crippen molar-refractivity contribution < 1.29 is 14.7 Å². The first kappa shape index (κ1) is 13.0. The second-order valence-corrected chi connectivity index (χ2v) is 3.81. The van der Waals surface area contributed by atoms with E-state index in [1.807, 2.05) is 0 Å². The van der Waals surface area contributed by atoms with Crippen LogP contribution in [0.15, 0.2) is 23.3 Å². The van der Waals surface area contributed by atoms with Crippen LogP contribution in [0, 0.1) is 5.92 Å². The number of hydrogen-bond donors (Lipinski definition) is 3. The minimum atomic E-state index is -1.00. The number of carbonyl (C=O) groups is 2. The van der Waals surface area contributed by atoms with Gasteiger partial charge in [-0.3, -0.25) is 14.4 Å². The van der Waals surface area contributed by atoms with Crippen LogP contribution in [-0.2, 0) is 4.79 Å². The van der Waals surface area contributed by atoms with Crippen LogP contribution >= 0.6 is 0 Å². The molecule has 6 heteroatoms. The van der Waals surface area contributed by atoms with Gasteiger partial charge >= 0.3 is 5.97 Å². The summed E-state index contributed by atoms with van der Waals surface area (Å²) in [5.41, 5.74) is -0.437. The summed E-state index contributed by atoms with van der Waals surface area (Å²) in [5, 5.41) is 11.2. The number of rotatable bonds is 4. The number of carbonyl (C=O) groups excluding carboxylic acids is 1. The number of aromatic amines is 1. The Morgan fingerprint density at radius 2 is 2.06 bits per heavy atom. The average molecular weight is 238 g/mol. The highest BCUT2D eigenvalue weighted by atomic mass is 16.4. The summed E-state index contributed by atoms with van der Waals surface area (Å²) in [5.74, 6) is -2.30. The predicted octanol–water partition coefficient (Wildman–Crippen LogP) is 0.214. The lowest BCUT2D eigenvalue weighted by atomic mass is 10.0. The van der Waals surface area contributed by atoms with Gasteiger partial charge in [-0.25, -0.2) is 0 Å². The van der Waals surface area contributed by atoms with Crippen LogP contribution in [0.2, 0.25) is 0 Å². The van der Waals surface area contributed by atoms with Crippen molar-refractivity contribution in [3.63, 3.8) is 0 Å². The Morgan fingerprint density at radius 3 is 2.59 bits per heavy atom. The second kappa shape index (κ2) is 5.29. The van der Waals surface area contributed by atoms with Crippen LogP contribution in [0.1, 0.15) is 24.2 Å². The van der Waals surface area contributed by atoms with Gasteiger partial charge in [0.1, 0.15) is 5.56 Å². The molecule has 1 aromatic rings. The maximum atomic E-state index is 11.7. The monoisotopic (exact) mass is 238 g/mol. The van der Waals surface area contributed by atoms with Crippen molar-refractivity contribution in [2.75, 3.05) is 0 Å². The Morgan fingerprint density at radius 1 is 1.41 bits per heavy atom. The van der Waals surface area contributed by atoms with E-state index in [0.29, 0.717) is 0 Å². The number of carboxylic acids is 1. The van der Waals surface area contributed by atoms with Crippen molar-refractivity contribution in [2.45, 2.75) is 19.9 Å². The Kier molecular flexibility index (Phi) is 4.03. The summed E-state index contributed by atoms with van der Waals surface area (Å²) < 4.78 is 0. The van der Waals surface area contributed by atoms with E-state index in [9.17, 15) is 14.4 Å². The molecule has 3 N–H and O–H groups in total. The zero-order valence-electron chi connectivity index (χ0n) is 9.56. The highest BCUT2D eigenvalue weighted by Crippen LogP contribution is 2.03. The molecule has 17 heavy (non-hydrogen) atoms. The molecule has 1 aromatic heterocycles. The lowest BCUT2D eigenvalue weighted by Gasteiger charge is -2.17. The highest BCUT2D eigenvalue weighted by Gasteiger charge is 2.22. The summed E-state index contributed by atoms with van der Waals surface area (Å²) in [6.45, 7) is 3.07. The maximum absolute atomic E-state index is 11.7. The van der Waals surface area contributed by atoms with Crippen LogP contribution < -0.4 is 10.7 Å². The van der Waals surface area contributed by atoms with Crippen LogP contribution in [-0.4, -0.2) is 28.0 Å². The van der Waals surface area contributed by atoms with Gasteiger partial charge < -0.3 is 15.4 Å². The van der Waals surface area contributed by atoms with E-state index >= 15 is 0 Å². The van der Waals surface area contributed by atoms with Crippen molar-refractivity contribution in [3.05, 3.63) is 34.2 Å². The number of nitrogens with one attached hydrogen (secondary N) is 2. The average Bonchev–Trinajstić information content (AvgIpc) is 2.28. The molecule has 0 radical (unpaired) electrons. The number of amides is 1. The fourth-order valence-electron chi connectivity index (χ4n) is 1.22. The molecule has 0 spiro atoms. The third kappa shape index (κ3) is 3.17. The van der Waals surface area contributed by atoms with E-state index in [-0.39, 0.29) is 5.56 Å². The van der Waals surface area contributed by atoms with Gasteiger partial charge in [0.05, 0.1) is 5.92 Å². The number of pyridine rings is 1. The number of hydrogen-bond acceptors (Lipinski definition) is 3. The lowest BCUT2D eigenvalue weighted by molar-refractivity contribution is -0.141. The molecule has 0 aliphatic heterocycles. The molecule has 0 fully saturated rings. The van der Waals surface area contributed by atoms with E-state index in [2.05, 4.69) is 10.3 Å². The first-order valence-electron chi connectivity index (χ1n) is 5.14. The molecule has 0 saturated heterocycles. The molecule has 0 aromatic carbocycles. The van der Waals surface area contributed by atoms with E-state index in [4.69, 9.17) is 5.11 Å². The van der Waals surface area contributed by atoms with Gasteiger partial charge in [0.2, 0.25) is 0 Å². The highest BCUT2D eigenvalue weighted by molar-refractivity contribution is 5.94. The third-order valence-electron chi connectivity index (χ3n) is 2.57. The standard InChI is InChI=1S/C11H14N2O4/c1-6(11(16)17)7(2)13-10(15)8-5-12-4-3-9(8)14/h3-7H,1-2H3,(H,12,14)(H,13,15)(H,16,17). The Balaban J connectivity index is 2.77. The first-order valence-corrected chi connectivity index (χ1v) is 5.14. The fraction of sp³-hybridized carbons (Fsp3) is 0.364. The summed E-state index contributed by atoms with van der Waals surface area (Å²) in [4.78, 5) is 36.4. The van der Waals surface area contributed by atoms with Crippen LogP contribution in [0.4, 0.5) is 0 Å². The predicted molar refractivity (Wildman–Crippen MR) is 60.8 cm³/mol. The van der Waals surface area contributed by atoms with Gasteiger partial charge in [0, 0.05) is 24.5 Å². The van der Waals surface area contributed by atoms with Gasteiger partial charge in [-0.05, 0) is 13.8 Å². The topological polar surface area (TPSA) is 99.3 Å². The molecular formula is C11H14N2O4. The van der Waals surface area contributed by atoms with Crippen molar-refractivity contribution in [1.82, 2.24) is 10.3 Å². The van der Waals surface area contributed by atoms with Gasteiger partial charge in [-0.2, -0.15) is 0 Å². The summed E-state index contributed by atoms with van der Waals surface area (Å²) >= 11 is 0. The Labute approximate surface area is 97.7 Å². The minimum absolute atomic E-state index is 0.0306. The zero-order valence-corrected chi connectivity index (χ0v) is 9.56. The summed E-state index contributed by atoms with van der Waals surface area (Å²) in [6.07, 6.45) is 2.71. The SMILES string of the molecule is CC(NC(=O)c1c[nH]ccc1=O)C(C)C(=O)O. The van der Waals surface area contributed by atoms with Crippen LogP contribution in [0.5, 0.6) is 0 Å². The molecule has 1 heterocycles. The first-order chi connectivity index (χ1) is 7.93. The maximum Gasteiger partial charge on any atom is 0.308 e. The van der Waals surface area contributed by atoms with Crippen LogP contribution in [0.25, 0.3) is 0 Å². The van der Waals surface area contributed by atoms with Gasteiger partial charge in [0.15, 0.2) is 5.43 Å². The van der Waals surface area contributed by atoms with E-state index in [0.717, 1.165) is 0 Å². The van der Waals surface area contributed by atoms with Crippen LogP contribution in [0.3, 0.4) is 0 Å². The fourth-order valence-corrected chi connectivity index (χ4v) is 1.22. The summed E-state index contributed by atoms with van der Waals surface area (Å²) in [7, 11) is 0. The van der Waals surface area contributed by atoms with E-state index < -0.39 is 29.3 Å². The van der Waals surface area contributed by atoms with Crippen molar-refractivity contribution in [3.8, 4) is 0 Å². The number of aliphatic carboxylic acids is 1. The lowest BCUT2D eigenvalue weighted by Crippen LogP contribution is -2.41. The number of H-pyrrole nitrogens is 1. The smallest absolute Gasteiger partial charge is 0.308 e. The van der Waals surface area contributed by atoms with E-state index in [1.165, 1.54) is 25.4 Å². The number of carboxylic acid groups (broad SMARTS) is 1. The molecule has 1 amide bonds. The van der Waals surface area contributed by atoms with Crippen molar-refractivity contribution >= 4 is 11.9 Å². The summed E-state index contributed by atoms with van der Waals surface area (Å²) in [6, 6.07) is 0.680. The largest absolute Gasteiger partial charge is 0.481 e. The zero-order chi connectivity index (χ0) is 13.0. The molecule has 1 rings (SSSR count). The Hall–Kier alpha value is -2.11. The Bertz CT molecular complexity index is 480. The quantitative estimate of drug-likeness (QED) is 0.698. The van der Waals surface area contributed by atoms with Gasteiger partial charge in [-0.1, -0.05) is 0 Å². The normalized spacial score (nSPS) is 13.8.